The van der Waals surface area contributed by atoms with Crippen LogP contribution in [0.2, 0.25) is 0 Å². The zero-order valence-corrected chi connectivity index (χ0v) is 15.0. The highest BCUT2D eigenvalue weighted by atomic mass is 16.3. The number of aromatic nitrogens is 4. The SMILES string of the molecule is CC(C)C#CC(C)n1cc(-c2cc(-c3ccccc3O)nnc2N)cn1. The summed E-state index contributed by atoms with van der Waals surface area (Å²) in [4.78, 5) is 0. The Balaban J connectivity index is 1.97. The third-order valence-electron chi connectivity index (χ3n) is 3.89. The zero-order chi connectivity index (χ0) is 18.7. The number of nitrogens with zero attached hydrogens (tertiary/aromatic N) is 4. The first-order valence-electron chi connectivity index (χ1n) is 8.43. The number of benzene rings is 1. The van der Waals surface area contributed by atoms with Gasteiger partial charge in [0.15, 0.2) is 5.82 Å². The Morgan fingerprint density at radius 1 is 1.08 bits per heavy atom. The normalized spacial score (nSPS) is 11.8. The van der Waals surface area contributed by atoms with Crippen molar-refractivity contribution in [3.05, 3.63) is 42.7 Å². The summed E-state index contributed by atoms with van der Waals surface area (Å²) < 4.78 is 1.80. The molecule has 6 nitrogen and oxygen atoms in total. The van der Waals surface area contributed by atoms with E-state index in [4.69, 9.17) is 5.73 Å². The van der Waals surface area contributed by atoms with Crippen LogP contribution in [0.1, 0.15) is 26.8 Å². The molecule has 3 rings (SSSR count). The Bertz CT molecular complexity index is 981. The molecule has 1 atom stereocenters. The van der Waals surface area contributed by atoms with Crippen LogP contribution in [0.4, 0.5) is 5.82 Å². The molecule has 0 spiro atoms. The smallest absolute Gasteiger partial charge is 0.154 e. The Morgan fingerprint density at radius 3 is 2.58 bits per heavy atom. The first kappa shape index (κ1) is 17.5. The van der Waals surface area contributed by atoms with E-state index < -0.39 is 0 Å². The quantitative estimate of drug-likeness (QED) is 0.708. The maximum absolute atomic E-state index is 10.0. The van der Waals surface area contributed by atoms with Crippen LogP contribution >= 0.6 is 0 Å². The van der Waals surface area contributed by atoms with Crippen LogP contribution in [0.5, 0.6) is 5.75 Å². The summed E-state index contributed by atoms with van der Waals surface area (Å²) in [5.41, 5.74) is 8.71. The Morgan fingerprint density at radius 2 is 1.85 bits per heavy atom. The maximum atomic E-state index is 10.0. The van der Waals surface area contributed by atoms with Crippen LogP contribution in [0.3, 0.4) is 0 Å². The second-order valence-corrected chi connectivity index (χ2v) is 6.37. The van der Waals surface area contributed by atoms with Gasteiger partial charge in [-0.2, -0.15) is 5.10 Å². The number of hydrogen-bond donors (Lipinski definition) is 2. The lowest BCUT2D eigenvalue weighted by atomic mass is 10.1. The lowest BCUT2D eigenvalue weighted by Gasteiger charge is -2.07. The number of nitrogen functional groups attached to an aromatic ring is 1. The van der Waals surface area contributed by atoms with E-state index in [2.05, 4.69) is 41.0 Å². The maximum Gasteiger partial charge on any atom is 0.154 e. The molecule has 0 saturated carbocycles. The largest absolute Gasteiger partial charge is 0.507 e. The van der Waals surface area contributed by atoms with E-state index in [-0.39, 0.29) is 11.8 Å². The van der Waals surface area contributed by atoms with Gasteiger partial charge in [-0.15, -0.1) is 10.2 Å². The summed E-state index contributed by atoms with van der Waals surface area (Å²) in [7, 11) is 0. The summed E-state index contributed by atoms with van der Waals surface area (Å²) in [5, 5.41) is 22.6. The minimum absolute atomic E-state index is 0.0418. The Hall–Kier alpha value is -3.33. The van der Waals surface area contributed by atoms with Crippen molar-refractivity contribution >= 4 is 5.82 Å². The van der Waals surface area contributed by atoms with Crippen LogP contribution < -0.4 is 5.73 Å². The van der Waals surface area contributed by atoms with E-state index in [1.54, 1.807) is 29.1 Å². The summed E-state index contributed by atoms with van der Waals surface area (Å²) in [6, 6.07) is 8.75. The van der Waals surface area contributed by atoms with Gasteiger partial charge in [0, 0.05) is 28.8 Å². The number of phenols is 1. The van der Waals surface area contributed by atoms with E-state index in [1.165, 1.54) is 0 Å². The number of anilines is 1. The number of para-hydroxylation sites is 1. The van der Waals surface area contributed by atoms with Gasteiger partial charge in [-0.3, -0.25) is 4.68 Å². The fourth-order valence-corrected chi connectivity index (χ4v) is 2.50. The predicted octanol–water partition coefficient (Wildman–Crippen LogP) is 3.52. The van der Waals surface area contributed by atoms with Gasteiger partial charge >= 0.3 is 0 Å². The lowest BCUT2D eigenvalue weighted by Crippen LogP contribution is -2.03. The summed E-state index contributed by atoms with van der Waals surface area (Å²) in [5.74, 6) is 7.10. The fourth-order valence-electron chi connectivity index (χ4n) is 2.50. The van der Waals surface area contributed by atoms with Crippen LogP contribution in [0.15, 0.2) is 42.7 Å². The topological polar surface area (TPSA) is 89.8 Å². The molecule has 0 bridgehead atoms. The van der Waals surface area contributed by atoms with E-state index in [0.717, 1.165) is 5.56 Å². The molecule has 0 fully saturated rings. The second-order valence-electron chi connectivity index (χ2n) is 6.37. The van der Waals surface area contributed by atoms with Crippen molar-refractivity contribution in [3.8, 4) is 40.0 Å². The number of rotatable bonds is 3. The molecule has 2 aromatic heterocycles. The van der Waals surface area contributed by atoms with Crippen molar-refractivity contribution in [2.75, 3.05) is 5.73 Å². The van der Waals surface area contributed by atoms with Gasteiger partial charge in [0.1, 0.15) is 11.8 Å². The molecule has 132 valence electrons. The molecule has 0 radical (unpaired) electrons. The first-order valence-corrected chi connectivity index (χ1v) is 8.43. The molecule has 6 heteroatoms. The average molecular weight is 347 g/mol. The molecule has 3 aromatic rings. The van der Waals surface area contributed by atoms with Gasteiger partial charge in [-0.1, -0.05) is 37.8 Å². The average Bonchev–Trinajstić information content (AvgIpc) is 3.10. The van der Waals surface area contributed by atoms with Gasteiger partial charge in [0.2, 0.25) is 0 Å². The highest BCUT2D eigenvalue weighted by Gasteiger charge is 2.13. The number of phenolic OH excluding ortho intramolecular Hbond substituents is 1. The van der Waals surface area contributed by atoms with E-state index in [9.17, 15) is 5.11 Å². The number of hydrogen-bond acceptors (Lipinski definition) is 5. The fraction of sp³-hybridized carbons (Fsp3) is 0.250. The molecule has 0 aliphatic heterocycles. The molecular weight excluding hydrogens is 326 g/mol. The highest BCUT2D eigenvalue weighted by molar-refractivity contribution is 5.78. The molecule has 1 unspecified atom stereocenters. The van der Waals surface area contributed by atoms with E-state index in [0.29, 0.717) is 28.6 Å². The van der Waals surface area contributed by atoms with Gasteiger partial charge in [-0.05, 0) is 25.1 Å². The van der Waals surface area contributed by atoms with Crippen molar-refractivity contribution in [1.82, 2.24) is 20.0 Å². The van der Waals surface area contributed by atoms with E-state index >= 15 is 0 Å². The number of nitrogens with two attached hydrogens (primary N) is 1. The standard InChI is InChI=1S/C20H21N5O/c1-13(2)8-9-14(3)25-12-15(11-22-25)17-10-18(23-24-20(17)21)16-6-4-5-7-19(16)26/h4-7,10-14,26H,1-3H3,(H2,21,24). The van der Waals surface area contributed by atoms with Crippen molar-refractivity contribution in [2.45, 2.75) is 26.8 Å². The lowest BCUT2D eigenvalue weighted by molar-refractivity contribution is 0.477. The Labute approximate surface area is 152 Å². The molecule has 0 amide bonds. The molecular formula is C20H21N5O. The molecule has 0 aliphatic carbocycles. The van der Waals surface area contributed by atoms with Crippen LogP contribution in [-0.4, -0.2) is 25.1 Å². The van der Waals surface area contributed by atoms with Crippen molar-refractivity contribution < 1.29 is 5.11 Å². The molecule has 1 aromatic carbocycles. The summed E-state index contributed by atoms with van der Waals surface area (Å²) >= 11 is 0. The molecule has 26 heavy (non-hydrogen) atoms. The van der Waals surface area contributed by atoms with E-state index in [1.807, 2.05) is 25.3 Å². The van der Waals surface area contributed by atoms with Gasteiger partial charge in [0.05, 0.1) is 11.9 Å². The zero-order valence-electron chi connectivity index (χ0n) is 15.0. The third-order valence-corrected chi connectivity index (χ3v) is 3.89. The summed E-state index contributed by atoms with van der Waals surface area (Å²) in [6.45, 7) is 6.10. The molecule has 0 aliphatic rings. The van der Waals surface area contributed by atoms with Crippen LogP contribution in [0, 0.1) is 17.8 Å². The third kappa shape index (κ3) is 3.67. The van der Waals surface area contributed by atoms with Gasteiger partial charge in [-0.25, -0.2) is 0 Å². The van der Waals surface area contributed by atoms with Crippen molar-refractivity contribution in [2.24, 2.45) is 5.92 Å². The van der Waals surface area contributed by atoms with Gasteiger partial charge < -0.3 is 10.8 Å². The minimum Gasteiger partial charge on any atom is -0.507 e. The monoisotopic (exact) mass is 347 g/mol. The van der Waals surface area contributed by atoms with Gasteiger partial charge in [0.25, 0.3) is 0 Å². The van der Waals surface area contributed by atoms with Crippen molar-refractivity contribution in [3.63, 3.8) is 0 Å². The Kier molecular flexibility index (Phi) is 4.90. The minimum atomic E-state index is -0.0418. The van der Waals surface area contributed by atoms with Crippen LogP contribution in [0.25, 0.3) is 22.4 Å². The highest BCUT2D eigenvalue weighted by Crippen LogP contribution is 2.32. The molecule has 0 saturated heterocycles. The summed E-state index contributed by atoms with van der Waals surface area (Å²) in [6.07, 6.45) is 3.62. The number of aromatic hydroxyl groups is 1. The molecule has 2 heterocycles. The van der Waals surface area contributed by atoms with Crippen molar-refractivity contribution in [1.29, 1.82) is 0 Å². The molecule has 3 N–H and O–H groups in total. The second kappa shape index (κ2) is 7.28. The predicted molar refractivity (Wildman–Crippen MR) is 102 cm³/mol. The first-order chi connectivity index (χ1) is 12.5. The van der Waals surface area contributed by atoms with Crippen LogP contribution in [-0.2, 0) is 0 Å².